The molecule has 0 aliphatic rings. The van der Waals surface area contributed by atoms with Gasteiger partial charge in [-0.2, -0.15) is 0 Å². The van der Waals surface area contributed by atoms with Crippen LogP contribution < -0.4 is 0 Å². The Morgan fingerprint density at radius 1 is 1.05 bits per heavy atom. The molecule has 0 saturated carbocycles. The largest absolute Gasteiger partial charge is 0.394 e. The number of H-pyrrole nitrogens is 1. The molecule has 0 fully saturated rings. The first-order chi connectivity index (χ1) is 9.04. The molecule has 0 amide bonds. The predicted octanol–water partition coefficient (Wildman–Crippen LogP) is -1.33. The van der Waals surface area contributed by atoms with Crippen molar-refractivity contribution in [1.29, 1.82) is 0 Å². The SMILES string of the molecule is OC[C@H](O)[C@H](O)[C@@H](O)[C@@H](O)c1nc2ccccc2[nH]1. The van der Waals surface area contributed by atoms with Crippen molar-refractivity contribution in [3.63, 3.8) is 0 Å². The number of aromatic amines is 1. The van der Waals surface area contributed by atoms with Gasteiger partial charge in [0.15, 0.2) is 0 Å². The van der Waals surface area contributed by atoms with Crippen LogP contribution in [0.5, 0.6) is 0 Å². The third-order valence-corrected chi connectivity index (χ3v) is 2.94. The van der Waals surface area contributed by atoms with E-state index in [2.05, 4.69) is 9.97 Å². The van der Waals surface area contributed by atoms with Gasteiger partial charge in [-0.1, -0.05) is 12.1 Å². The van der Waals surface area contributed by atoms with Crippen molar-refractivity contribution in [2.75, 3.05) is 6.61 Å². The lowest BCUT2D eigenvalue weighted by molar-refractivity contribution is -0.117. The molecular weight excluding hydrogens is 252 g/mol. The van der Waals surface area contributed by atoms with Crippen molar-refractivity contribution >= 4 is 11.0 Å². The smallest absolute Gasteiger partial charge is 0.140 e. The minimum absolute atomic E-state index is 0.0814. The average Bonchev–Trinajstić information content (AvgIpc) is 2.87. The number of nitrogens with zero attached hydrogens (tertiary/aromatic N) is 1. The Labute approximate surface area is 108 Å². The van der Waals surface area contributed by atoms with Gasteiger partial charge in [0.25, 0.3) is 0 Å². The molecule has 1 aromatic heterocycles. The van der Waals surface area contributed by atoms with E-state index < -0.39 is 31.0 Å². The summed E-state index contributed by atoms with van der Waals surface area (Å²) in [4.78, 5) is 6.89. The molecule has 0 spiro atoms. The Morgan fingerprint density at radius 3 is 2.37 bits per heavy atom. The Balaban J connectivity index is 2.20. The first-order valence-corrected chi connectivity index (χ1v) is 5.82. The summed E-state index contributed by atoms with van der Waals surface area (Å²) in [6, 6.07) is 7.05. The highest BCUT2D eigenvalue weighted by molar-refractivity contribution is 5.74. The fourth-order valence-electron chi connectivity index (χ4n) is 1.80. The standard InChI is InChI=1S/C12H16N2O5/c15-5-8(16)9(17)10(18)11(19)12-13-6-3-1-2-4-7(6)14-12/h1-4,8-11,15-19H,5H2,(H,13,14)/t8-,9-,10+,11+/m0/s1. The third-order valence-electron chi connectivity index (χ3n) is 2.94. The van der Waals surface area contributed by atoms with Crippen molar-refractivity contribution in [2.24, 2.45) is 0 Å². The zero-order valence-corrected chi connectivity index (χ0v) is 10.0. The van der Waals surface area contributed by atoms with Crippen LogP contribution in [0, 0.1) is 0 Å². The second kappa shape index (κ2) is 5.64. The number of aromatic nitrogens is 2. The maximum atomic E-state index is 9.91. The van der Waals surface area contributed by atoms with Crippen molar-refractivity contribution < 1.29 is 25.5 Å². The van der Waals surface area contributed by atoms with Crippen LogP contribution in [0.3, 0.4) is 0 Å². The van der Waals surface area contributed by atoms with Crippen LogP contribution in [0.2, 0.25) is 0 Å². The zero-order valence-electron chi connectivity index (χ0n) is 10.0. The lowest BCUT2D eigenvalue weighted by atomic mass is 10.0. The number of hydrogen-bond donors (Lipinski definition) is 6. The van der Waals surface area contributed by atoms with Crippen molar-refractivity contribution in [3.8, 4) is 0 Å². The van der Waals surface area contributed by atoms with E-state index in [0.717, 1.165) is 0 Å². The Hall–Kier alpha value is -1.51. The number of imidazole rings is 1. The first-order valence-electron chi connectivity index (χ1n) is 5.82. The van der Waals surface area contributed by atoms with Crippen LogP contribution in [0.25, 0.3) is 11.0 Å². The molecular formula is C12H16N2O5. The van der Waals surface area contributed by atoms with Crippen LogP contribution in [0.15, 0.2) is 24.3 Å². The van der Waals surface area contributed by atoms with Gasteiger partial charge in [-0.25, -0.2) is 4.98 Å². The average molecular weight is 268 g/mol. The molecule has 1 aromatic carbocycles. The van der Waals surface area contributed by atoms with Crippen LogP contribution in [-0.2, 0) is 0 Å². The number of nitrogens with one attached hydrogen (secondary N) is 1. The molecule has 2 aromatic rings. The highest BCUT2D eigenvalue weighted by Crippen LogP contribution is 2.21. The summed E-state index contributed by atoms with van der Waals surface area (Å²) in [6.45, 7) is -0.717. The molecule has 4 atom stereocenters. The highest BCUT2D eigenvalue weighted by atomic mass is 16.4. The summed E-state index contributed by atoms with van der Waals surface area (Å²) in [6.07, 6.45) is -6.37. The summed E-state index contributed by atoms with van der Waals surface area (Å²) in [7, 11) is 0. The van der Waals surface area contributed by atoms with Gasteiger partial charge in [0.1, 0.15) is 30.2 Å². The van der Waals surface area contributed by atoms with E-state index in [1.165, 1.54) is 0 Å². The van der Waals surface area contributed by atoms with E-state index in [1.54, 1.807) is 24.3 Å². The number of para-hydroxylation sites is 2. The lowest BCUT2D eigenvalue weighted by Crippen LogP contribution is -2.42. The number of fused-ring (bicyclic) bond motifs is 1. The normalized spacial score (nSPS) is 18.2. The second-order valence-corrected chi connectivity index (χ2v) is 4.32. The van der Waals surface area contributed by atoms with Gasteiger partial charge in [-0.15, -0.1) is 0 Å². The summed E-state index contributed by atoms with van der Waals surface area (Å²) in [5.41, 5.74) is 1.29. The molecule has 6 N–H and O–H groups in total. The molecule has 19 heavy (non-hydrogen) atoms. The number of hydrogen-bond acceptors (Lipinski definition) is 6. The summed E-state index contributed by atoms with van der Waals surface area (Å²) in [5, 5.41) is 47.1. The second-order valence-electron chi connectivity index (χ2n) is 4.32. The minimum Gasteiger partial charge on any atom is -0.394 e. The van der Waals surface area contributed by atoms with Gasteiger partial charge >= 0.3 is 0 Å². The highest BCUT2D eigenvalue weighted by Gasteiger charge is 2.32. The molecule has 1 heterocycles. The molecule has 0 saturated heterocycles. The fraction of sp³-hybridized carbons (Fsp3) is 0.417. The molecule has 0 unspecified atom stereocenters. The van der Waals surface area contributed by atoms with Crippen molar-refractivity contribution in [3.05, 3.63) is 30.1 Å². The van der Waals surface area contributed by atoms with E-state index in [9.17, 15) is 20.4 Å². The Kier molecular flexibility index (Phi) is 4.13. The van der Waals surface area contributed by atoms with Crippen molar-refractivity contribution in [1.82, 2.24) is 9.97 Å². The van der Waals surface area contributed by atoms with E-state index in [4.69, 9.17) is 5.11 Å². The fourth-order valence-corrected chi connectivity index (χ4v) is 1.80. The first kappa shape index (κ1) is 13.9. The molecule has 7 nitrogen and oxygen atoms in total. The summed E-state index contributed by atoms with van der Waals surface area (Å²) in [5.74, 6) is 0.0814. The minimum atomic E-state index is -1.67. The van der Waals surface area contributed by atoms with Crippen molar-refractivity contribution in [2.45, 2.75) is 24.4 Å². The van der Waals surface area contributed by atoms with Gasteiger partial charge in [-0.05, 0) is 12.1 Å². The van der Waals surface area contributed by atoms with Gasteiger partial charge in [0.2, 0.25) is 0 Å². The Morgan fingerprint density at radius 2 is 1.74 bits per heavy atom. The molecule has 0 radical (unpaired) electrons. The maximum absolute atomic E-state index is 9.91. The third kappa shape index (κ3) is 2.75. The summed E-state index contributed by atoms with van der Waals surface area (Å²) >= 11 is 0. The number of aliphatic hydroxyl groups excluding tert-OH is 5. The number of rotatable bonds is 5. The van der Waals surface area contributed by atoms with Gasteiger partial charge in [0.05, 0.1) is 17.6 Å². The molecule has 7 heteroatoms. The maximum Gasteiger partial charge on any atom is 0.140 e. The molecule has 0 aliphatic carbocycles. The van der Waals surface area contributed by atoms with Crippen LogP contribution in [-0.4, -0.2) is 60.4 Å². The van der Waals surface area contributed by atoms with E-state index in [1.807, 2.05) is 0 Å². The quantitative estimate of drug-likeness (QED) is 0.398. The molecule has 0 aliphatic heterocycles. The van der Waals surface area contributed by atoms with E-state index in [-0.39, 0.29) is 5.82 Å². The Bertz CT molecular complexity index is 511. The van der Waals surface area contributed by atoms with E-state index in [0.29, 0.717) is 11.0 Å². The monoisotopic (exact) mass is 268 g/mol. The van der Waals surface area contributed by atoms with Crippen LogP contribution >= 0.6 is 0 Å². The molecule has 2 rings (SSSR count). The molecule has 0 bridgehead atoms. The van der Waals surface area contributed by atoms with Crippen LogP contribution in [0.1, 0.15) is 11.9 Å². The number of benzene rings is 1. The predicted molar refractivity (Wildman–Crippen MR) is 66.2 cm³/mol. The summed E-state index contributed by atoms with van der Waals surface area (Å²) < 4.78 is 0. The lowest BCUT2D eigenvalue weighted by Gasteiger charge is -2.24. The van der Waals surface area contributed by atoms with Crippen LogP contribution in [0.4, 0.5) is 0 Å². The molecule has 104 valence electrons. The topological polar surface area (TPSA) is 130 Å². The van der Waals surface area contributed by atoms with E-state index >= 15 is 0 Å². The number of aliphatic hydroxyl groups is 5. The van der Waals surface area contributed by atoms with Gasteiger partial charge in [0, 0.05) is 0 Å². The van der Waals surface area contributed by atoms with Gasteiger partial charge in [-0.3, -0.25) is 0 Å². The zero-order chi connectivity index (χ0) is 14.0. The van der Waals surface area contributed by atoms with Gasteiger partial charge < -0.3 is 30.5 Å².